The number of rotatable bonds is 8. The van der Waals surface area contributed by atoms with Gasteiger partial charge in [0.15, 0.2) is 5.16 Å². The molecule has 1 atom stereocenters. The summed E-state index contributed by atoms with van der Waals surface area (Å²) >= 11 is 4.66. The first-order chi connectivity index (χ1) is 14.0. The van der Waals surface area contributed by atoms with Crippen LogP contribution in [0.15, 0.2) is 63.0 Å². The number of carbonyl (C=O) groups is 1. The zero-order valence-electron chi connectivity index (χ0n) is 16.2. The first-order valence-corrected chi connectivity index (χ1v) is 10.9. The van der Waals surface area contributed by atoms with Gasteiger partial charge in [-0.3, -0.25) is 14.2 Å². The number of para-hydroxylation sites is 1. The van der Waals surface area contributed by atoms with Crippen molar-refractivity contribution >= 4 is 50.2 Å². The molecule has 0 aliphatic heterocycles. The van der Waals surface area contributed by atoms with Crippen molar-refractivity contribution in [2.75, 3.05) is 19.0 Å². The maximum atomic E-state index is 13.0. The van der Waals surface area contributed by atoms with E-state index >= 15 is 0 Å². The fraction of sp³-hybridized carbons (Fsp3) is 0.286. The van der Waals surface area contributed by atoms with Crippen LogP contribution in [-0.2, 0) is 16.1 Å². The van der Waals surface area contributed by atoms with Gasteiger partial charge in [-0.05, 0) is 49.7 Å². The molecule has 0 spiro atoms. The smallest absolute Gasteiger partial charge is 0.262 e. The molecular formula is C21H22BrN3O3S. The van der Waals surface area contributed by atoms with Gasteiger partial charge in [0.2, 0.25) is 5.91 Å². The number of carbonyl (C=O) groups excluding carboxylic acids is 1. The highest BCUT2D eigenvalue weighted by atomic mass is 79.9. The minimum Gasteiger partial charge on any atom is -0.385 e. The van der Waals surface area contributed by atoms with Crippen molar-refractivity contribution in [2.45, 2.75) is 30.3 Å². The number of halogens is 1. The molecule has 3 aromatic rings. The van der Waals surface area contributed by atoms with E-state index in [9.17, 15) is 9.59 Å². The van der Waals surface area contributed by atoms with Crippen LogP contribution in [0.1, 0.15) is 13.3 Å². The summed E-state index contributed by atoms with van der Waals surface area (Å²) < 4.78 is 7.69. The van der Waals surface area contributed by atoms with Gasteiger partial charge in [-0.15, -0.1) is 0 Å². The highest BCUT2D eigenvalue weighted by Crippen LogP contribution is 2.24. The zero-order valence-corrected chi connectivity index (χ0v) is 18.6. The van der Waals surface area contributed by atoms with Gasteiger partial charge in [0.05, 0.1) is 16.2 Å². The molecule has 0 radical (unpaired) electrons. The molecule has 152 valence electrons. The lowest BCUT2D eigenvalue weighted by Crippen LogP contribution is -2.27. The SMILES string of the molecule is COCCCn1c(SC(C)C(=O)Nc2ccc(Br)cc2)nc2ccccc2c1=O. The summed E-state index contributed by atoms with van der Waals surface area (Å²) in [5.74, 6) is -0.150. The maximum Gasteiger partial charge on any atom is 0.262 e. The number of methoxy groups -OCH3 is 1. The second kappa shape index (κ2) is 10.0. The number of nitrogens with one attached hydrogen (secondary N) is 1. The van der Waals surface area contributed by atoms with Crippen LogP contribution < -0.4 is 10.9 Å². The van der Waals surface area contributed by atoms with E-state index in [4.69, 9.17) is 4.74 Å². The van der Waals surface area contributed by atoms with Crippen molar-refractivity contribution in [3.8, 4) is 0 Å². The first kappa shape index (κ1) is 21.5. The van der Waals surface area contributed by atoms with Gasteiger partial charge in [-0.1, -0.05) is 39.8 Å². The van der Waals surface area contributed by atoms with Gasteiger partial charge >= 0.3 is 0 Å². The van der Waals surface area contributed by atoms with Gasteiger partial charge in [-0.25, -0.2) is 4.98 Å². The second-order valence-corrected chi connectivity index (χ2v) is 8.69. The molecule has 6 nitrogen and oxygen atoms in total. The number of hydrogen-bond acceptors (Lipinski definition) is 5. The van der Waals surface area contributed by atoms with Crippen LogP contribution in [0, 0.1) is 0 Å². The number of thioether (sulfide) groups is 1. The Bertz CT molecular complexity index is 1050. The molecule has 3 rings (SSSR count). The molecule has 1 amide bonds. The molecule has 0 saturated carbocycles. The highest BCUT2D eigenvalue weighted by molar-refractivity contribution is 9.10. The third-order valence-electron chi connectivity index (χ3n) is 4.32. The highest BCUT2D eigenvalue weighted by Gasteiger charge is 2.19. The summed E-state index contributed by atoms with van der Waals surface area (Å²) in [6.07, 6.45) is 0.684. The van der Waals surface area contributed by atoms with Gasteiger partial charge < -0.3 is 10.1 Å². The minimum absolute atomic E-state index is 0.102. The van der Waals surface area contributed by atoms with Crippen molar-refractivity contribution in [2.24, 2.45) is 0 Å². The number of nitrogens with zero attached hydrogens (tertiary/aromatic N) is 2. The quantitative estimate of drug-likeness (QED) is 0.298. The minimum atomic E-state index is -0.430. The molecule has 0 bridgehead atoms. The topological polar surface area (TPSA) is 73.2 Å². The van der Waals surface area contributed by atoms with E-state index in [2.05, 4.69) is 26.2 Å². The first-order valence-electron chi connectivity index (χ1n) is 9.21. The summed E-state index contributed by atoms with van der Waals surface area (Å²) in [6, 6.07) is 14.6. The Hall–Kier alpha value is -2.16. The number of benzene rings is 2. The van der Waals surface area contributed by atoms with Gasteiger partial charge in [-0.2, -0.15) is 0 Å². The molecule has 1 aromatic heterocycles. The average molecular weight is 476 g/mol. The van der Waals surface area contributed by atoms with Crippen LogP contribution >= 0.6 is 27.7 Å². The van der Waals surface area contributed by atoms with Crippen LogP contribution in [0.5, 0.6) is 0 Å². The molecule has 1 unspecified atom stereocenters. The molecular weight excluding hydrogens is 454 g/mol. The van der Waals surface area contributed by atoms with E-state index in [-0.39, 0.29) is 11.5 Å². The molecule has 8 heteroatoms. The molecule has 29 heavy (non-hydrogen) atoms. The Balaban J connectivity index is 1.84. The molecule has 1 N–H and O–H groups in total. The molecule has 2 aromatic carbocycles. The third-order valence-corrected chi connectivity index (χ3v) is 5.94. The molecule has 0 aliphatic rings. The second-order valence-electron chi connectivity index (χ2n) is 6.47. The Morgan fingerprint density at radius 3 is 2.69 bits per heavy atom. The summed E-state index contributed by atoms with van der Waals surface area (Å²) in [5.41, 5.74) is 1.24. The lowest BCUT2D eigenvalue weighted by atomic mass is 10.2. The van der Waals surface area contributed by atoms with E-state index in [0.717, 1.165) is 10.2 Å². The summed E-state index contributed by atoms with van der Waals surface area (Å²) in [4.78, 5) is 30.3. The number of amides is 1. The predicted molar refractivity (Wildman–Crippen MR) is 121 cm³/mol. The molecule has 0 saturated heterocycles. The lowest BCUT2D eigenvalue weighted by Gasteiger charge is -2.16. The van der Waals surface area contributed by atoms with Crippen molar-refractivity contribution in [1.82, 2.24) is 9.55 Å². The Morgan fingerprint density at radius 1 is 1.24 bits per heavy atom. The maximum absolute atomic E-state index is 13.0. The van der Waals surface area contributed by atoms with Crippen LogP contribution in [-0.4, -0.2) is 34.4 Å². The Labute approximate surface area is 181 Å². The van der Waals surface area contributed by atoms with E-state index in [1.807, 2.05) is 42.5 Å². The molecule has 0 aliphatic carbocycles. The van der Waals surface area contributed by atoms with E-state index in [1.54, 1.807) is 24.7 Å². The van der Waals surface area contributed by atoms with Crippen LogP contribution in [0.3, 0.4) is 0 Å². The standard InChI is InChI=1S/C21H22BrN3O3S/c1-14(19(26)23-16-10-8-15(22)9-11-16)29-21-24-18-7-4-3-6-17(18)20(27)25(21)12-5-13-28-2/h3-4,6-11,14H,5,12-13H2,1-2H3,(H,23,26). The normalized spacial score (nSPS) is 12.1. The van der Waals surface area contributed by atoms with E-state index < -0.39 is 5.25 Å². The average Bonchev–Trinajstić information content (AvgIpc) is 2.72. The number of fused-ring (bicyclic) bond motifs is 1. The van der Waals surface area contributed by atoms with Gasteiger partial charge in [0.1, 0.15) is 0 Å². The van der Waals surface area contributed by atoms with Crippen LogP contribution in [0.25, 0.3) is 10.9 Å². The third kappa shape index (κ3) is 5.46. The summed E-state index contributed by atoms with van der Waals surface area (Å²) in [6.45, 7) is 2.83. The van der Waals surface area contributed by atoms with Crippen LogP contribution in [0.4, 0.5) is 5.69 Å². The zero-order chi connectivity index (χ0) is 20.8. The number of aromatic nitrogens is 2. The van der Waals surface area contributed by atoms with Crippen molar-refractivity contribution in [1.29, 1.82) is 0 Å². The summed E-state index contributed by atoms with van der Waals surface area (Å²) in [7, 11) is 1.63. The monoisotopic (exact) mass is 475 g/mol. The van der Waals surface area contributed by atoms with Crippen LogP contribution in [0.2, 0.25) is 0 Å². The fourth-order valence-corrected chi connectivity index (χ4v) is 3.99. The van der Waals surface area contributed by atoms with E-state index in [0.29, 0.717) is 35.6 Å². The number of hydrogen-bond donors (Lipinski definition) is 1. The fourth-order valence-electron chi connectivity index (χ4n) is 2.79. The van der Waals surface area contributed by atoms with Gasteiger partial charge in [0.25, 0.3) is 5.56 Å². The van der Waals surface area contributed by atoms with E-state index in [1.165, 1.54) is 11.8 Å². The summed E-state index contributed by atoms with van der Waals surface area (Å²) in [5, 5.41) is 3.57. The van der Waals surface area contributed by atoms with Crippen molar-refractivity contribution in [3.05, 3.63) is 63.4 Å². The van der Waals surface area contributed by atoms with Crippen molar-refractivity contribution < 1.29 is 9.53 Å². The number of anilines is 1. The lowest BCUT2D eigenvalue weighted by molar-refractivity contribution is -0.115. The Kier molecular flexibility index (Phi) is 7.46. The largest absolute Gasteiger partial charge is 0.385 e. The predicted octanol–water partition coefficient (Wildman–Crippen LogP) is 4.31. The molecule has 1 heterocycles. The molecule has 0 fully saturated rings. The number of ether oxygens (including phenoxy) is 1. The van der Waals surface area contributed by atoms with Gasteiger partial charge in [0, 0.05) is 30.4 Å². The Morgan fingerprint density at radius 2 is 1.97 bits per heavy atom. The van der Waals surface area contributed by atoms with Crippen molar-refractivity contribution in [3.63, 3.8) is 0 Å².